The number of carbonyl (C=O) groups excluding carboxylic acids is 3. The zero-order valence-corrected chi connectivity index (χ0v) is 19.1. The van der Waals surface area contributed by atoms with Crippen molar-refractivity contribution in [3.63, 3.8) is 0 Å². The zero-order chi connectivity index (χ0) is 23.1. The summed E-state index contributed by atoms with van der Waals surface area (Å²) in [6, 6.07) is 18.3. The first-order chi connectivity index (χ1) is 15.3. The predicted octanol–water partition coefficient (Wildman–Crippen LogP) is 4.72. The van der Waals surface area contributed by atoms with Gasteiger partial charge < -0.3 is 10.1 Å². The first kappa shape index (κ1) is 23.2. The standard InChI is InChI=1S/C23H17BrClN3O4/c1-14-6-9-16(12-20(14)25)27-21(29)22(30)28-26-13-15-7-10-17(11-8-15)32-23(31)18-4-2-3-5-19(18)24/h2-13H,1H3,(H,27,29)(H,28,30)/b26-13+. The van der Waals surface area contributed by atoms with Crippen LogP contribution in [0, 0.1) is 6.92 Å². The summed E-state index contributed by atoms with van der Waals surface area (Å²) in [5.74, 6) is -1.96. The Balaban J connectivity index is 1.52. The lowest BCUT2D eigenvalue weighted by atomic mass is 10.2. The molecule has 0 aliphatic carbocycles. The normalized spacial score (nSPS) is 10.6. The molecule has 32 heavy (non-hydrogen) atoms. The van der Waals surface area contributed by atoms with Crippen LogP contribution in [0.4, 0.5) is 5.69 Å². The van der Waals surface area contributed by atoms with Gasteiger partial charge in [-0.2, -0.15) is 5.10 Å². The van der Waals surface area contributed by atoms with Crippen molar-refractivity contribution in [3.05, 3.63) is 92.9 Å². The summed E-state index contributed by atoms with van der Waals surface area (Å²) in [5, 5.41) is 6.68. The molecule has 0 bridgehead atoms. The fourth-order valence-corrected chi connectivity index (χ4v) is 3.11. The molecule has 0 saturated carbocycles. The van der Waals surface area contributed by atoms with E-state index in [4.69, 9.17) is 16.3 Å². The maximum atomic E-state index is 12.2. The Morgan fingerprint density at radius 3 is 2.41 bits per heavy atom. The van der Waals surface area contributed by atoms with E-state index in [0.29, 0.717) is 32.1 Å². The SMILES string of the molecule is Cc1ccc(NC(=O)C(=O)N/N=C/c2ccc(OC(=O)c3ccccc3Br)cc2)cc1Cl. The Hall–Kier alpha value is -3.49. The van der Waals surface area contributed by atoms with Crippen LogP contribution >= 0.6 is 27.5 Å². The van der Waals surface area contributed by atoms with Crippen molar-refractivity contribution in [1.82, 2.24) is 5.43 Å². The van der Waals surface area contributed by atoms with E-state index in [1.54, 1.807) is 66.7 Å². The minimum atomic E-state index is -0.933. The molecule has 3 rings (SSSR count). The zero-order valence-electron chi connectivity index (χ0n) is 16.8. The molecule has 0 aliphatic rings. The number of anilines is 1. The van der Waals surface area contributed by atoms with Gasteiger partial charge in [0.05, 0.1) is 11.8 Å². The van der Waals surface area contributed by atoms with Gasteiger partial charge in [-0.3, -0.25) is 9.59 Å². The highest BCUT2D eigenvalue weighted by atomic mass is 79.9. The van der Waals surface area contributed by atoms with Crippen molar-refractivity contribution >= 4 is 57.2 Å². The first-order valence-corrected chi connectivity index (χ1v) is 10.5. The number of esters is 1. The molecule has 0 spiro atoms. The van der Waals surface area contributed by atoms with Crippen molar-refractivity contribution in [2.45, 2.75) is 6.92 Å². The molecule has 9 heteroatoms. The van der Waals surface area contributed by atoms with E-state index >= 15 is 0 Å². The first-order valence-electron chi connectivity index (χ1n) is 9.31. The highest BCUT2D eigenvalue weighted by Crippen LogP contribution is 2.20. The van der Waals surface area contributed by atoms with Crippen molar-refractivity contribution in [2.75, 3.05) is 5.32 Å². The average Bonchev–Trinajstić information content (AvgIpc) is 2.77. The van der Waals surface area contributed by atoms with Crippen molar-refractivity contribution < 1.29 is 19.1 Å². The number of carbonyl (C=O) groups is 3. The lowest BCUT2D eigenvalue weighted by Gasteiger charge is -2.06. The van der Waals surface area contributed by atoms with Gasteiger partial charge in [-0.1, -0.05) is 29.8 Å². The second-order valence-electron chi connectivity index (χ2n) is 6.56. The quantitative estimate of drug-likeness (QED) is 0.169. The molecule has 2 N–H and O–H groups in total. The van der Waals surface area contributed by atoms with Gasteiger partial charge in [0.25, 0.3) is 0 Å². The fourth-order valence-electron chi connectivity index (χ4n) is 2.49. The number of rotatable bonds is 5. The molecule has 0 aromatic heterocycles. The van der Waals surface area contributed by atoms with Crippen LogP contribution in [0.25, 0.3) is 0 Å². The van der Waals surface area contributed by atoms with Crippen LogP contribution < -0.4 is 15.5 Å². The summed E-state index contributed by atoms with van der Waals surface area (Å²) in [6.07, 6.45) is 1.35. The van der Waals surface area contributed by atoms with Crippen LogP contribution in [0.1, 0.15) is 21.5 Å². The molecule has 162 valence electrons. The van der Waals surface area contributed by atoms with Crippen molar-refractivity contribution in [1.29, 1.82) is 0 Å². The summed E-state index contributed by atoms with van der Waals surface area (Å²) in [6.45, 7) is 1.83. The maximum Gasteiger partial charge on any atom is 0.344 e. The van der Waals surface area contributed by atoms with Gasteiger partial charge in [-0.25, -0.2) is 10.2 Å². The lowest BCUT2D eigenvalue weighted by molar-refractivity contribution is -0.136. The van der Waals surface area contributed by atoms with Gasteiger partial charge in [0.1, 0.15) is 5.75 Å². The van der Waals surface area contributed by atoms with E-state index in [-0.39, 0.29) is 0 Å². The number of aryl methyl sites for hydroxylation is 1. The lowest BCUT2D eigenvalue weighted by Crippen LogP contribution is -2.32. The van der Waals surface area contributed by atoms with E-state index in [1.807, 2.05) is 6.92 Å². The van der Waals surface area contributed by atoms with Gasteiger partial charge in [0.2, 0.25) is 0 Å². The molecule has 0 heterocycles. The van der Waals surface area contributed by atoms with Crippen LogP contribution in [-0.4, -0.2) is 24.0 Å². The third-order valence-corrected chi connectivity index (χ3v) is 5.30. The van der Waals surface area contributed by atoms with Crippen LogP contribution in [-0.2, 0) is 9.59 Å². The van der Waals surface area contributed by atoms with Gasteiger partial charge in [-0.05, 0) is 82.5 Å². The summed E-state index contributed by atoms with van der Waals surface area (Å²) < 4.78 is 5.98. The van der Waals surface area contributed by atoms with Crippen molar-refractivity contribution in [2.24, 2.45) is 5.10 Å². The Bertz CT molecular complexity index is 1200. The highest BCUT2D eigenvalue weighted by Gasteiger charge is 2.14. The van der Waals surface area contributed by atoms with E-state index in [1.165, 1.54) is 6.21 Å². The smallest absolute Gasteiger partial charge is 0.344 e. The van der Waals surface area contributed by atoms with Crippen LogP contribution in [0.5, 0.6) is 5.75 Å². The Kier molecular flexibility index (Phi) is 7.75. The molecule has 0 radical (unpaired) electrons. The minimum Gasteiger partial charge on any atom is -0.423 e. The summed E-state index contributed by atoms with van der Waals surface area (Å²) >= 11 is 9.31. The number of halogens is 2. The fraction of sp³-hybridized carbons (Fsp3) is 0.0435. The monoisotopic (exact) mass is 513 g/mol. The molecular formula is C23H17BrClN3O4. The molecule has 2 amide bonds. The molecule has 0 unspecified atom stereocenters. The molecule has 7 nitrogen and oxygen atoms in total. The number of hydrogen-bond donors (Lipinski definition) is 2. The van der Waals surface area contributed by atoms with E-state index in [0.717, 1.165) is 5.56 Å². The molecule has 0 fully saturated rings. The number of hydrogen-bond acceptors (Lipinski definition) is 5. The second kappa shape index (κ2) is 10.7. The molecule has 3 aromatic carbocycles. The number of benzene rings is 3. The second-order valence-corrected chi connectivity index (χ2v) is 7.82. The minimum absolute atomic E-state index is 0.350. The molecular weight excluding hydrogens is 498 g/mol. The van der Waals surface area contributed by atoms with Gasteiger partial charge in [0.15, 0.2) is 0 Å². The highest BCUT2D eigenvalue weighted by molar-refractivity contribution is 9.10. The largest absolute Gasteiger partial charge is 0.423 e. The van der Waals surface area contributed by atoms with E-state index < -0.39 is 17.8 Å². The Morgan fingerprint density at radius 2 is 1.72 bits per heavy atom. The number of ether oxygens (including phenoxy) is 1. The summed E-state index contributed by atoms with van der Waals surface area (Å²) in [5.41, 5.74) is 4.43. The van der Waals surface area contributed by atoms with E-state index in [9.17, 15) is 14.4 Å². The topological polar surface area (TPSA) is 96.9 Å². The third-order valence-electron chi connectivity index (χ3n) is 4.20. The van der Waals surface area contributed by atoms with E-state index in [2.05, 4.69) is 31.8 Å². The van der Waals surface area contributed by atoms with Gasteiger partial charge in [0, 0.05) is 15.2 Å². The van der Waals surface area contributed by atoms with Crippen LogP contribution in [0.2, 0.25) is 5.02 Å². The number of nitrogens with one attached hydrogen (secondary N) is 2. The molecule has 0 saturated heterocycles. The predicted molar refractivity (Wildman–Crippen MR) is 126 cm³/mol. The maximum absolute atomic E-state index is 12.2. The number of nitrogens with zero attached hydrogens (tertiary/aromatic N) is 1. The van der Waals surface area contributed by atoms with Crippen LogP contribution in [0.3, 0.4) is 0 Å². The number of hydrazone groups is 1. The number of amides is 2. The van der Waals surface area contributed by atoms with Gasteiger partial charge >= 0.3 is 17.8 Å². The summed E-state index contributed by atoms with van der Waals surface area (Å²) in [7, 11) is 0. The average molecular weight is 515 g/mol. The van der Waals surface area contributed by atoms with Crippen molar-refractivity contribution in [3.8, 4) is 5.75 Å². The Morgan fingerprint density at radius 1 is 1.00 bits per heavy atom. The Labute approximate surface area is 197 Å². The molecule has 3 aromatic rings. The van der Waals surface area contributed by atoms with Crippen LogP contribution in [0.15, 0.2) is 76.3 Å². The third kappa shape index (κ3) is 6.26. The molecule has 0 atom stereocenters. The molecule has 0 aliphatic heterocycles. The van der Waals surface area contributed by atoms with Gasteiger partial charge in [-0.15, -0.1) is 0 Å². The summed E-state index contributed by atoms with van der Waals surface area (Å²) in [4.78, 5) is 36.1.